The number of rotatable bonds is 10. The Morgan fingerprint density at radius 3 is 2.36 bits per heavy atom. The maximum Gasteiger partial charge on any atom is 0.410 e. The molecule has 0 unspecified atom stereocenters. The third-order valence-electron chi connectivity index (χ3n) is 11.8. The highest BCUT2D eigenvalue weighted by molar-refractivity contribution is 5.94. The molecule has 11 heteroatoms. The van der Waals surface area contributed by atoms with Gasteiger partial charge in [0.1, 0.15) is 29.6 Å². The van der Waals surface area contributed by atoms with Gasteiger partial charge in [0.05, 0.1) is 26.0 Å². The molecule has 3 aromatic rings. The number of likely N-dealkylation sites (tertiary alicyclic amines) is 1. The molecule has 0 radical (unpaired) electrons. The van der Waals surface area contributed by atoms with Crippen LogP contribution in [0, 0.1) is 30.6 Å². The van der Waals surface area contributed by atoms with Gasteiger partial charge in [0, 0.05) is 66.7 Å². The molecular formula is C39H49N5O6. The van der Waals surface area contributed by atoms with Crippen LogP contribution < -0.4 is 9.64 Å². The molecule has 0 N–H and O–H groups in total. The maximum atomic E-state index is 14.4. The van der Waals surface area contributed by atoms with Gasteiger partial charge in [-0.1, -0.05) is 0 Å². The van der Waals surface area contributed by atoms with Crippen molar-refractivity contribution < 1.29 is 28.2 Å². The monoisotopic (exact) mass is 683 g/mol. The minimum absolute atomic E-state index is 0.112. The molecule has 266 valence electrons. The van der Waals surface area contributed by atoms with E-state index in [1.54, 1.807) is 19.6 Å². The Hall–Kier alpha value is -3.99. The molecule has 11 nitrogen and oxygen atoms in total. The molecule has 2 saturated heterocycles. The smallest absolute Gasteiger partial charge is 0.410 e. The lowest BCUT2D eigenvalue weighted by molar-refractivity contribution is -0.124. The van der Waals surface area contributed by atoms with E-state index in [0.29, 0.717) is 67.6 Å². The van der Waals surface area contributed by atoms with Gasteiger partial charge in [-0.05, 0) is 101 Å². The summed E-state index contributed by atoms with van der Waals surface area (Å²) in [5, 5.41) is 0. The predicted molar refractivity (Wildman–Crippen MR) is 186 cm³/mol. The van der Waals surface area contributed by atoms with Crippen LogP contribution in [-0.4, -0.2) is 77.9 Å². The van der Waals surface area contributed by atoms with E-state index in [1.807, 2.05) is 34.9 Å². The Morgan fingerprint density at radius 2 is 1.68 bits per heavy atom. The SMILES string of the molecule is COc1ccc([C@H]2CC[C@H](CN(c3cc(-c4coc(C5CC5)n4)ccn3)C(=O)[C@H]3CC[C@H](OC(=O)N4CC(C5COC5)C4)CC3)CC2)nc1C. The van der Waals surface area contributed by atoms with Crippen LogP contribution in [-0.2, 0) is 14.3 Å². The Bertz CT molecular complexity index is 1660. The summed E-state index contributed by atoms with van der Waals surface area (Å²) < 4.78 is 22.4. The summed E-state index contributed by atoms with van der Waals surface area (Å²) >= 11 is 0. The maximum absolute atomic E-state index is 14.4. The fourth-order valence-electron chi connectivity index (χ4n) is 8.22. The molecule has 3 saturated carbocycles. The Kier molecular flexibility index (Phi) is 9.50. The second kappa shape index (κ2) is 14.3. The molecule has 0 bridgehead atoms. The third-order valence-corrected chi connectivity index (χ3v) is 11.8. The highest BCUT2D eigenvalue weighted by Crippen LogP contribution is 2.41. The van der Waals surface area contributed by atoms with Crippen molar-refractivity contribution in [2.24, 2.45) is 23.7 Å². The minimum atomic E-state index is -0.216. The zero-order valence-electron chi connectivity index (χ0n) is 29.3. The highest BCUT2D eigenvalue weighted by Gasteiger charge is 2.41. The molecule has 0 spiro atoms. The fraction of sp³-hybridized carbons (Fsp3) is 0.615. The Morgan fingerprint density at radius 1 is 0.920 bits per heavy atom. The van der Waals surface area contributed by atoms with Crippen LogP contribution in [0.15, 0.2) is 41.1 Å². The number of ether oxygens (including phenoxy) is 3. The molecule has 8 rings (SSSR count). The fourth-order valence-corrected chi connectivity index (χ4v) is 8.22. The summed E-state index contributed by atoms with van der Waals surface area (Å²) in [5.74, 6) is 4.55. The summed E-state index contributed by atoms with van der Waals surface area (Å²) in [6, 6.07) is 8.05. The van der Waals surface area contributed by atoms with Crippen molar-refractivity contribution in [2.75, 3.05) is 44.9 Å². The number of aromatic nitrogens is 3. The van der Waals surface area contributed by atoms with Crippen LogP contribution in [0.2, 0.25) is 0 Å². The number of pyridine rings is 2. The van der Waals surface area contributed by atoms with Gasteiger partial charge in [-0.3, -0.25) is 14.7 Å². The number of aryl methyl sites for hydroxylation is 1. The molecule has 3 aromatic heterocycles. The van der Waals surface area contributed by atoms with Gasteiger partial charge in [-0.2, -0.15) is 0 Å². The average molecular weight is 684 g/mol. The number of carbonyl (C=O) groups is 2. The third kappa shape index (κ3) is 7.11. The van der Waals surface area contributed by atoms with E-state index in [1.165, 1.54) is 0 Å². The summed E-state index contributed by atoms with van der Waals surface area (Å²) in [4.78, 5) is 45.4. The number of carbonyl (C=O) groups excluding carboxylic acids is 2. The van der Waals surface area contributed by atoms with Crippen molar-refractivity contribution >= 4 is 17.8 Å². The van der Waals surface area contributed by atoms with E-state index in [0.717, 1.165) is 99.1 Å². The van der Waals surface area contributed by atoms with Crippen LogP contribution in [0.4, 0.5) is 10.6 Å². The first kappa shape index (κ1) is 33.2. The molecule has 2 aliphatic heterocycles. The number of nitrogens with zero attached hydrogens (tertiary/aromatic N) is 5. The minimum Gasteiger partial charge on any atom is -0.495 e. The number of amides is 2. The van der Waals surface area contributed by atoms with Crippen molar-refractivity contribution in [1.29, 1.82) is 0 Å². The quantitative estimate of drug-likeness (QED) is 0.225. The Labute approximate surface area is 294 Å². The standard InChI is InChI=1S/C39H49N5O6/c1-24-35(47-2)14-13-33(41-24)26-5-3-25(4-6-26)18-44(36-17-29(15-16-40-36)34-23-49-37(42-34)27-7-8-27)38(45)28-9-11-32(12-10-28)50-39(46)43-19-30(20-43)31-21-48-22-31/h13-17,23,25-28,30-32H,3-12,18-22H2,1-2H3/t25-,26-,28-,32-. The first-order valence-electron chi connectivity index (χ1n) is 18.7. The van der Waals surface area contributed by atoms with Crippen molar-refractivity contribution in [3.05, 3.63) is 54.0 Å². The molecule has 0 atom stereocenters. The summed E-state index contributed by atoms with van der Waals surface area (Å²) in [5.41, 5.74) is 3.73. The van der Waals surface area contributed by atoms with Gasteiger partial charge in [0.25, 0.3) is 0 Å². The summed E-state index contributed by atoms with van der Waals surface area (Å²) in [7, 11) is 1.68. The molecule has 2 amide bonds. The zero-order valence-corrected chi connectivity index (χ0v) is 29.3. The van der Waals surface area contributed by atoms with Gasteiger partial charge in [0.15, 0.2) is 5.89 Å². The van der Waals surface area contributed by atoms with Crippen LogP contribution in [0.3, 0.4) is 0 Å². The van der Waals surface area contributed by atoms with Gasteiger partial charge < -0.3 is 23.5 Å². The lowest BCUT2D eigenvalue weighted by Crippen LogP contribution is -2.56. The van der Waals surface area contributed by atoms with Gasteiger partial charge >= 0.3 is 6.09 Å². The van der Waals surface area contributed by atoms with E-state index in [2.05, 4.69) is 6.07 Å². The number of methoxy groups -OCH3 is 1. The molecule has 0 aromatic carbocycles. The number of hydrogen-bond donors (Lipinski definition) is 0. The first-order valence-corrected chi connectivity index (χ1v) is 18.7. The normalized spacial score (nSPS) is 25.8. The largest absolute Gasteiger partial charge is 0.495 e. The second-order valence-corrected chi connectivity index (χ2v) is 15.3. The number of hydrogen-bond acceptors (Lipinski definition) is 9. The van der Waals surface area contributed by atoms with Crippen molar-refractivity contribution in [3.8, 4) is 17.0 Å². The highest BCUT2D eigenvalue weighted by atomic mass is 16.6. The lowest BCUT2D eigenvalue weighted by Gasteiger charge is -2.46. The van der Waals surface area contributed by atoms with Crippen LogP contribution >= 0.6 is 0 Å². The van der Waals surface area contributed by atoms with Crippen LogP contribution in [0.5, 0.6) is 5.75 Å². The van der Waals surface area contributed by atoms with E-state index in [4.69, 9.17) is 33.6 Å². The first-order chi connectivity index (χ1) is 24.4. The van der Waals surface area contributed by atoms with E-state index < -0.39 is 0 Å². The van der Waals surface area contributed by atoms with Crippen molar-refractivity contribution in [3.63, 3.8) is 0 Å². The lowest BCUT2D eigenvalue weighted by atomic mass is 9.79. The molecule has 50 heavy (non-hydrogen) atoms. The molecular weight excluding hydrogens is 634 g/mol. The van der Waals surface area contributed by atoms with E-state index >= 15 is 0 Å². The number of oxazole rings is 1. The van der Waals surface area contributed by atoms with Crippen molar-refractivity contribution in [2.45, 2.75) is 89.1 Å². The summed E-state index contributed by atoms with van der Waals surface area (Å²) in [6.07, 6.45) is 12.3. The van der Waals surface area contributed by atoms with Gasteiger partial charge in [-0.25, -0.2) is 14.8 Å². The molecule has 5 fully saturated rings. The van der Waals surface area contributed by atoms with Gasteiger partial charge in [0.2, 0.25) is 5.91 Å². The second-order valence-electron chi connectivity index (χ2n) is 15.3. The van der Waals surface area contributed by atoms with Gasteiger partial charge in [-0.15, -0.1) is 0 Å². The topological polar surface area (TPSA) is 120 Å². The van der Waals surface area contributed by atoms with Crippen molar-refractivity contribution in [1.82, 2.24) is 19.9 Å². The predicted octanol–water partition coefficient (Wildman–Crippen LogP) is 6.91. The Balaban J connectivity index is 0.925. The average Bonchev–Trinajstić information content (AvgIpc) is 3.83. The number of anilines is 1. The summed E-state index contributed by atoms with van der Waals surface area (Å²) in [6.45, 7) is 5.76. The van der Waals surface area contributed by atoms with E-state index in [9.17, 15) is 9.59 Å². The van der Waals surface area contributed by atoms with Crippen LogP contribution in [0.25, 0.3) is 11.3 Å². The zero-order chi connectivity index (χ0) is 34.2. The molecule has 5 aliphatic rings. The molecule has 3 aliphatic carbocycles. The van der Waals surface area contributed by atoms with E-state index in [-0.39, 0.29) is 24.0 Å². The molecule has 5 heterocycles. The van der Waals surface area contributed by atoms with Crippen LogP contribution in [0.1, 0.15) is 93.3 Å².